The largest absolute Gasteiger partial charge is 0.492 e. The molecule has 0 saturated carbocycles. The highest BCUT2D eigenvalue weighted by molar-refractivity contribution is 5.91. The van der Waals surface area contributed by atoms with E-state index in [-0.39, 0.29) is 6.61 Å². The summed E-state index contributed by atoms with van der Waals surface area (Å²) in [7, 11) is 0. The quantitative estimate of drug-likeness (QED) is 0.891. The number of rotatable bonds is 3. The summed E-state index contributed by atoms with van der Waals surface area (Å²) < 4.78 is 43.8. The van der Waals surface area contributed by atoms with Crippen molar-refractivity contribution in [3.63, 3.8) is 0 Å². The van der Waals surface area contributed by atoms with Gasteiger partial charge in [-0.1, -0.05) is 18.2 Å². The van der Waals surface area contributed by atoms with Gasteiger partial charge in [-0.3, -0.25) is 4.79 Å². The lowest BCUT2D eigenvalue weighted by Crippen LogP contribution is -2.62. The maximum atomic E-state index is 12.9. The Hall–Kier alpha value is -2.25. The van der Waals surface area contributed by atoms with Gasteiger partial charge in [0.1, 0.15) is 18.3 Å². The summed E-state index contributed by atoms with van der Waals surface area (Å²) in [6, 6.07) is 6.42. The normalized spacial score (nSPS) is 20.1. The molecule has 5 nitrogen and oxygen atoms in total. The van der Waals surface area contributed by atoms with Crippen LogP contribution < -0.4 is 10.1 Å². The lowest BCUT2D eigenvalue weighted by molar-refractivity contribution is -0.207. The van der Waals surface area contributed by atoms with Crippen molar-refractivity contribution in [2.45, 2.75) is 24.6 Å². The van der Waals surface area contributed by atoms with Gasteiger partial charge in [0.15, 0.2) is 0 Å². The highest BCUT2D eigenvalue weighted by Crippen LogP contribution is 2.36. The SMILES string of the molecule is CC(NC(=O)C1COc2ccccc21)(C(=O)O)C(F)(F)F. The molecule has 2 rings (SSSR count). The number of hydrogen-bond donors (Lipinski definition) is 2. The lowest BCUT2D eigenvalue weighted by atomic mass is 9.96. The van der Waals surface area contributed by atoms with Crippen LogP contribution in [-0.4, -0.2) is 35.3 Å². The van der Waals surface area contributed by atoms with Crippen LogP contribution in [0.4, 0.5) is 13.2 Å². The van der Waals surface area contributed by atoms with Crippen molar-refractivity contribution in [2.24, 2.45) is 0 Å². The predicted octanol–water partition coefficient (Wildman–Crippen LogP) is 1.68. The van der Waals surface area contributed by atoms with Crippen molar-refractivity contribution in [2.75, 3.05) is 6.61 Å². The van der Waals surface area contributed by atoms with E-state index in [0.29, 0.717) is 18.2 Å². The Balaban J connectivity index is 2.24. The number of alkyl halides is 3. The number of ether oxygens (including phenoxy) is 1. The van der Waals surface area contributed by atoms with E-state index < -0.39 is 29.5 Å². The van der Waals surface area contributed by atoms with E-state index in [1.54, 1.807) is 29.6 Å². The Morgan fingerprint density at radius 3 is 2.52 bits per heavy atom. The molecule has 2 unspecified atom stereocenters. The number of aliphatic carboxylic acids is 1. The topological polar surface area (TPSA) is 75.6 Å². The minimum absolute atomic E-state index is 0.126. The highest BCUT2D eigenvalue weighted by Gasteiger charge is 2.59. The van der Waals surface area contributed by atoms with Crippen molar-refractivity contribution >= 4 is 11.9 Å². The number of hydrogen-bond acceptors (Lipinski definition) is 3. The summed E-state index contributed by atoms with van der Waals surface area (Å²) in [6.45, 7) is 0.285. The van der Waals surface area contributed by atoms with Crippen molar-refractivity contribution in [1.29, 1.82) is 0 Å². The van der Waals surface area contributed by atoms with Gasteiger partial charge in [-0.2, -0.15) is 13.2 Å². The molecule has 21 heavy (non-hydrogen) atoms. The third kappa shape index (κ3) is 2.53. The summed E-state index contributed by atoms with van der Waals surface area (Å²) in [5.74, 6) is -3.78. The molecule has 1 aromatic carbocycles. The van der Waals surface area contributed by atoms with Crippen LogP contribution in [0.3, 0.4) is 0 Å². The van der Waals surface area contributed by atoms with E-state index in [2.05, 4.69) is 0 Å². The second-order valence-electron chi connectivity index (χ2n) is 4.82. The molecule has 2 atom stereocenters. The van der Waals surface area contributed by atoms with Crippen LogP contribution in [-0.2, 0) is 9.59 Å². The third-order valence-corrected chi connectivity index (χ3v) is 3.38. The fourth-order valence-corrected chi connectivity index (χ4v) is 1.96. The Labute approximate surface area is 117 Å². The summed E-state index contributed by atoms with van der Waals surface area (Å²) in [5, 5.41) is 10.4. The zero-order chi connectivity index (χ0) is 15.8. The maximum absolute atomic E-state index is 12.9. The molecule has 8 heteroatoms. The van der Waals surface area contributed by atoms with Crippen molar-refractivity contribution in [3.8, 4) is 5.75 Å². The highest BCUT2D eigenvalue weighted by atomic mass is 19.4. The first-order chi connectivity index (χ1) is 9.67. The van der Waals surface area contributed by atoms with Gasteiger partial charge in [0, 0.05) is 5.56 Å². The van der Waals surface area contributed by atoms with Gasteiger partial charge >= 0.3 is 12.1 Å². The van der Waals surface area contributed by atoms with Crippen LogP contribution in [0, 0.1) is 0 Å². The van der Waals surface area contributed by atoms with E-state index in [0.717, 1.165) is 0 Å². The number of carbonyl (C=O) groups excluding carboxylic acids is 1. The summed E-state index contributed by atoms with van der Waals surface area (Å²) in [5.41, 5.74) is -2.91. The number of carbonyl (C=O) groups is 2. The van der Waals surface area contributed by atoms with E-state index in [9.17, 15) is 22.8 Å². The van der Waals surface area contributed by atoms with E-state index in [1.807, 2.05) is 0 Å². The van der Waals surface area contributed by atoms with Crippen molar-refractivity contribution in [3.05, 3.63) is 29.8 Å². The van der Waals surface area contributed by atoms with Crippen LogP contribution in [0.15, 0.2) is 24.3 Å². The molecule has 0 radical (unpaired) electrons. The molecule has 0 bridgehead atoms. The number of carboxylic acid groups (broad SMARTS) is 1. The number of para-hydroxylation sites is 1. The van der Waals surface area contributed by atoms with Crippen LogP contribution >= 0.6 is 0 Å². The maximum Gasteiger partial charge on any atom is 0.422 e. The smallest absolute Gasteiger partial charge is 0.422 e. The van der Waals surface area contributed by atoms with Crippen molar-refractivity contribution < 1.29 is 32.6 Å². The number of nitrogens with one attached hydrogen (secondary N) is 1. The van der Waals surface area contributed by atoms with Gasteiger partial charge < -0.3 is 15.2 Å². The Morgan fingerprint density at radius 1 is 1.33 bits per heavy atom. The molecule has 0 aromatic heterocycles. The molecule has 0 saturated heterocycles. The molecule has 1 aromatic rings. The van der Waals surface area contributed by atoms with E-state index in [4.69, 9.17) is 9.84 Å². The number of fused-ring (bicyclic) bond motifs is 1. The number of benzene rings is 1. The van der Waals surface area contributed by atoms with Crippen molar-refractivity contribution in [1.82, 2.24) is 5.32 Å². The van der Waals surface area contributed by atoms with Crippen LogP contribution in [0.25, 0.3) is 0 Å². The number of amides is 1. The number of halogens is 3. The minimum atomic E-state index is -5.12. The summed E-state index contributed by atoms with van der Waals surface area (Å²) >= 11 is 0. The molecule has 2 N–H and O–H groups in total. The first-order valence-corrected chi connectivity index (χ1v) is 6.00. The second kappa shape index (κ2) is 4.94. The van der Waals surface area contributed by atoms with Gasteiger partial charge in [-0.25, -0.2) is 4.79 Å². The zero-order valence-electron chi connectivity index (χ0n) is 10.9. The average Bonchev–Trinajstić information content (AvgIpc) is 2.80. The fourth-order valence-electron chi connectivity index (χ4n) is 1.96. The molecule has 114 valence electrons. The van der Waals surface area contributed by atoms with Gasteiger partial charge in [0.2, 0.25) is 11.4 Å². The van der Waals surface area contributed by atoms with Crippen LogP contribution in [0.2, 0.25) is 0 Å². The molecule has 0 spiro atoms. The molecular weight excluding hydrogens is 291 g/mol. The average molecular weight is 303 g/mol. The molecular formula is C13H12F3NO4. The molecule has 1 aliphatic heterocycles. The first-order valence-electron chi connectivity index (χ1n) is 6.00. The second-order valence-corrected chi connectivity index (χ2v) is 4.82. The number of carboxylic acids is 1. The first kappa shape index (κ1) is 15.1. The Kier molecular flexibility index (Phi) is 3.56. The Morgan fingerprint density at radius 2 is 1.95 bits per heavy atom. The van der Waals surface area contributed by atoms with Crippen LogP contribution in [0.1, 0.15) is 18.4 Å². The zero-order valence-corrected chi connectivity index (χ0v) is 10.9. The third-order valence-electron chi connectivity index (χ3n) is 3.38. The molecule has 1 heterocycles. The summed E-state index contributed by atoms with van der Waals surface area (Å²) in [4.78, 5) is 22.9. The van der Waals surface area contributed by atoms with E-state index in [1.165, 1.54) is 0 Å². The molecule has 0 aliphatic carbocycles. The fraction of sp³-hybridized carbons (Fsp3) is 0.385. The monoisotopic (exact) mass is 303 g/mol. The minimum Gasteiger partial charge on any atom is -0.492 e. The molecule has 1 amide bonds. The van der Waals surface area contributed by atoms with Gasteiger partial charge in [0.25, 0.3) is 0 Å². The molecule has 1 aliphatic rings. The van der Waals surface area contributed by atoms with Crippen LogP contribution in [0.5, 0.6) is 5.75 Å². The standard InChI is InChI=1S/C13H12F3NO4/c1-12(11(19)20,13(14,15)16)17-10(18)8-6-21-9-5-3-2-4-7(8)9/h2-5,8H,6H2,1H3,(H,17,18)(H,19,20). The molecule has 0 fully saturated rings. The van der Waals surface area contributed by atoms with Gasteiger partial charge in [0.05, 0.1) is 0 Å². The van der Waals surface area contributed by atoms with Gasteiger partial charge in [-0.15, -0.1) is 0 Å². The lowest BCUT2D eigenvalue weighted by Gasteiger charge is -2.29. The Bertz CT molecular complexity index is 587. The summed E-state index contributed by atoms with van der Waals surface area (Å²) in [6.07, 6.45) is -5.12. The predicted molar refractivity (Wildman–Crippen MR) is 64.9 cm³/mol. The van der Waals surface area contributed by atoms with Gasteiger partial charge in [-0.05, 0) is 13.0 Å². The van der Waals surface area contributed by atoms with E-state index >= 15 is 0 Å².